The van der Waals surface area contributed by atoms with E-state index in [9.17, 15) is 4.39 Å². The number of aryl methyl sites for hydroxylation is 3. The minimum atomic E-state index is -0.431. The second-order valence-corrected chi connectivity index (χ2v) is 6.36. The van der Waals surface area contributed by atoms with Crippen molar-refractivity contribution in [2.75, 3.05) is 7.11 Å². The number of hydrogen-bond acceptors (Lipinski definition) is 3. The standard InChI is InChI=1S/C16H15FIN3O/c1-8-7-21(3)16-12(8)9(2)19-15(20-16)10-5-6-11(18)14(22-4)13(10)17/h5-7H,1-4H3. The van der Waals surface area contributed by atoms with Gasteiger partial charge in [-0.05, 0) is 54.1 Å². The molecule has 0 amide bonds. The molecule has 3 rings (SSSR count). The van der Waals surface area contributed by atoms with Gasteiger partial charge in [-0.2, -0.15) is 0 Å². The molecule has 0 atom stereocenters. The van der Waals surface area contributed by atoms with Gasteiger partial charge in [0.1, 0.15) is 5.65 Å². The van der Waals surface area contributed by atoms with E-state index in [2.05, 4.69) is 9.97 Å². The van der Waals surface area contributed by atoms with Gasteiger partial charge in [0.25, 0.3) is 0 Å². The molecule has 2 aromatic heterocycles. The normalized spacial score (nSPS) is 11.2. The minimum Gasteiger partial charge on any atom is -0.493 e. The fourth-order valence-electron chi connectivity index (χ4n) is 2.70. The zero-order valence-electron chi connectivity index (χ0n) is 12.7. The van der Waals surface area contributed by atoms with Gasteiger partial charge >= 0.3 is 0 Å². The van der Waals surface area contributed by atoms with Crippen LogP contribution in [0.15, 0.2) is 18.3 Å². The topological polar surface area (TPSA) is 39.9 Å². The van der Waals surface area contributed by atoms with E-state index in [4.69, 9.17) is 4.74 Å². The maximum absolute atomic E-state index is 14.6. The third-order valence-electron chi connectivity index (χ3n) is 3.68. The second kappa shape index (κ2) is 5.49. The smallest absolute Gasteiger partial charge is 0.177 e. The number of fused-ring (bicyclic) bond motifs is 1. The number of hydrogen-bond donors (Lipinski definition) is 0. The van der Waals surface area contributed by atoms with E-state index >= 15 is 0 Å². The number of methoxy groups -OCH3 is 1. The van der Waals surface area contributed by atoms with Crippen LogP contribution in [0, 0.1) is 23.2 Å². The van der Waals surface area contributed by atoms with Crippen molar-refractivity contribution in [3.05, 3.63) is 39.0 Å². The molecule has 3 aromatic rings. The molecule has 0 saturated heterocycles. The number of aromatic nitrogens is 3. The van der Waals surface area contributed by atoms with E-state index in [1.807, 2.05) is 54.2 Å². The molecule has 0 aliphatic carbocycles. The molecule has 114 valence electrons. The Kier molecular flexibility index (Phi) is 3.80. The Morgan fingerprint density at radius 1 is 1.23 bits per heavy atom. The monoisotopic (exact) mass is 411 g/mol. The first-order chi connectivity index (χ1) is 10.4. The van der Waals surface area contributed by atoms with Crippen LogP contribution in [0.3, 0.4) is 0 Å². The Bertz CT molecular complexity index is 889. The van der Waals surface area contributed by atoms with Crippen LogP contribution in [0.5, 0.6) is 5.75 Å². The van der Waals surface area contributed by atoms with Crippen molar-refractivity contribution in [3.8, 4) is 17.1 Å². The molecular weight excluding hydrogens is 396 g/mol. The molecule has 1 aromatic carbocycles. The fraction of sp³-hybridized carbons (Fsp3) is 0.250. The van der Waals surface area contributed by atoms with E-state index in [1.165, 1.54) is 7.11 Å². The van der Waals surface area contributed by atoms with Crippen molar-refractivity contribution in [2.45, 2.75) is 13.8 Å². The quantitative estimate of drug-likeness (QED) is 0.599. The number of benzene rings is 1. The average molecular weight is 411 g/mol. The Hall–Kier alpha value is -1.70. The lowest BCUT2D eigenvalue weighted by molar-refractivity contribution is 0.384. The van der Waals surface area contributed by atoms with Gasteiger partial charge in [0.05, 0.1) is 21.9 Å². The molecule has 22 heavy (non-hydrogen) atoms. The zero-order chi connectivity index (χ0) is 16.0. The molecule has 0 spiro atoms. The predicted octanol–water partition coefficient (Wildman–Crippen LogP) is 4.00. The van der Waals surface area contributed by atoms with E-state index in [0.717, 1.165) is 22.3 Å². The first-order valence-corrected chi connectivity index (χ1v) is 7.84. The summed E-state index contributed by atoms with van der Waals surface area (Å²) in [6.45, 7) is 3.94. The van der Waals surface area contributed by atoms with Crippen LogP contribution in [-0.2, 0) is 7.05 Å². The van der Waals surface area contributed by atoms with Crippen LogP contribution in [0.1, 0.15) is 11.3 Å². The highest BCUT2D eigenvalue weighted by molar-refractivity contribution is 14.1. The highest BCUT2D eigenvalue weighted by atomic mass is 127. The fourth-order valence-corrected chi connectivity index (χ4v) is 3.34. The van der Waals surface area contributed by atoms with Crippen molar-refractivity contribution in [1.82, 2.24) is 14.5 Å². The van der Waals surface area contributed by atoms with Gasteiger partial charge in [-0.1, -0.05) is 0 Å². The van der Waals surface area contributed by atoms with Gasteiger partial charge in [-0.3, -0.25) is 0 Å². The lowest BCUT2D eigenvalue weighted by Crippen LogP contribution is -2.00. The molecular formula is C16H15FIN3O. The average Bonchev–Trinajstić information content (AvgIpc) is 2.74. The van der Waals surface area contributed by atoms with Crippen molar-refractivity contribution in [3.63, 3.8) is 0 Å². The largest absolute Gasteiger partial charge is 0.493 e. The van der Waals surface area contributed by atoms with E-state index in [-0.39, 0.29) is 5.75 Å². The summed E-state index contributed by atoms with van der Waals surface area (Å²) in [4.78, 5) is 9.04. The van der Waals surface area contributed by atoms with Gasteiger partial charge in [-0.25, -0.2) is 14.4 Å². The van der Waals surface area contributed by atoms with Crippen LogP contribution < -0.4 is 4.74 Å². The molecule has 0 bridgehead atoms. The van der Waals surface area contributed by atoms with E-state index < -0.39 is 5.82 Å². The van der Waals surface area contributed by atoms with Crippen LogP contribution in [0.4, 0.5) is 4.39 Å². The lowest BCUT2D eigenvalue weighted by atomic mass is 10.1. The van der Waals surface area contributed by atoms with Gasteiger partial charge < -0.3 is 9.30 Å². The van der Waals surface area contributed by atoms with Crippen molar-refractivity contribution in [1.29, 1.82) is 0 Å². The highest BCUT2D eigenvalue weighted by Gasteiger charge is 2.18. The van der Waals surface area contributed by atoms with E-state index in [1.54, 1.807) is 12.1 Å². The summed E-state index contributed by atoms with van der Waals surface area (Å²) in [6, 6.07) is 3.49. The molecule has 0 fully saturated rings. The van der Waals surface area contributed by atoms with Crippen molar-refractivity contribution < 1.29 is 9.13 Å². The highest BCUT2D eigenvalue weighted by Crippen LogP contribution is 2.32. The lowest BCUT2D eigenvalue weighted by Gasteiger charge is -2.10. The Morgan fingerprint density at radius 2 is 1.95 bits per heavy atom. The predicted molar refractivity (Wildman–Crippen MR) is 92.6 cm³/mol. The number of halogens is 2. The molecule has 0 unspecified atom stereocenters. The summed E-state index contributed by atoms with van der Waals surface area (Å²) in [6.07, 6.45) is 2.00. The first kappa shape index (κ1) is 15.2. The molecule has 0 N–H and O–H groups in total. The molecule has 0 saturated carbocycles. The molecule has 2 heterocycles. The Labute approximate surface area is 141 Å². The zero-order valence-corrected chi connectivity index (χ0v) is 14.9. The number of rotatable bonds is 2. The summed E-state index contributed by atoms with van der Waals surface area (Å²) in [5.74, 6) is 0.167. The number of nitrogens with zero attached hydrogens (tertiary/aromatic N) is 3. The van der Waals surface area contributed by atoms with Gasteiger partial charge in [-0.15, -0.1) is 0 Å². The summed E-state index contributed by atoms with van der Waals surface area (Å²) in [5, 5.41) is 1.02. The van der Waals surface area contributed by atoms with Crippen molar-refractivity contribution in [2.24, 2.45) is 7.05 Å². The number of ether oxygens (including phenoxy) is 1. The first-order valence-electron chi connectivity index (χ1n) is 6.76. The van der Waals surface area contributed by atoms with Gasteiger partial charge in [0.15, 0.2) is 17.4 Å². The molecule has 6 heteroatoms. The summed E-state index contributed by atoms with van der Waals surface area (Å²) >= 11 is 2.04. The van der Waals surface area contributed by atoms with Crippen LogP contribution in [-0.4, -0.2) is 21.6 Å². The second-order valence-electron chi connectivity index (χ2n) is 5.20. The summed E-state index contributed by atoms with van der Waals surface area (Å²) in [5.41, 5.74) is 3.11. The molecule has 0 radical (unpaired) electrons. The van der Waals surface area contributed by atoms with Crippen LogP contribution >= 0.6 is 22.6 Å². The molecule has 4 nitrogen and oxygen atoms in total. The van der Waals surface area contributed by atoms with Crippen LogP contribution in [0.2, 0.25) is 0 Å². The summed E-state index contributed by atoms with van der Waals surface area (Å²) in [7, 11) is 3.39. The van der Waals surface area contributed by atoms with Crippen LogP contribution in [0.25, 0.3) is 22.4 Å². The SMILES string of the molecule is COc1c(I)ccc(-c2nc(C)c3c(C)cn(C)c3n2)c1F. The van der Waals surface area contributed by atoms with Gasteiger partial charge in [0.2, 0.25) is 0 Å². The Balaban J connectivity index is 2.30. The maximum atomic E-state index is 14.6. The molecule has 0 aliphatic heterocycles. The molecule has 0 aliphatic rings. The minimum absolute atomic E-state index is 0.225. The third-order valence-corrected chi connectivity index (χ3v) is 4.53. The van der Waals surface area contributed by atoms with Crippen molar-refractivity contribution >= 4 is 33.6 Å². The third kappa shape index (κ3) is 2.25. The van der Waals surface area contributed by atoms with E-state index in [0.29, 0.717) is 15.0 Å². The van der Waals surface area contributed by atoms with Gasteiger partial charge in [0, 0.05) is 18.6 Å². The summed E-state index contributed by atoms with van der Waals surface area (Å²) < 4.78 is 22.4. The maximum Gasteiger partial charge on any atom is 0.177 e. The Morgan fingerprint density at radius 3 is 2.64 bits per heavy atom.